The van der Waals surface area contributed by atoms with Gasteiger partial charge < -0.3 is 10.4 Å². The minimum absolute atomic E-state index is 0.0811. The monoisotopic (exact) mass is 296 g/mol. The van der Waals surface area contributed by atoms with Crippen LogP contribution in [0.15, 0.2) is 5.38 Å². The van der Waals surface area contributed by atoms with Crippen LogP contribution < -0.4 is 5.32 Å². The van der Waals surface area contributed by atoms with Crippen LogP contribution >= 0.6 is 11.3 Å². The fraction of sp³-hybridized carbons (Fsp3) is 0.643. The van der Waals surface area contributed by atoms with Gasteiger partial charge >= 0.3 is 5.97 Å². The van der Waals surface area contributed by atoms with Gasteiger partial charge in [0.25, 0.3) is 0 Å². The Kier molecular flexibility index (Phi) is 5.11. The van der Waals surface area contributed by atoms with Gasteiger partial charge in [-0.05, 0) is 31.6 Å². The maximum absolute atomic E-state index is 12.0. The number of aromatic nitrogens is 1. The average Bonchev–Trinajstić information content (AvgIpc) is 2.88. The Bertz CT molecular complexity index is 479. The standard InChI is InChI=1S/C14H20N2O3S/c1-9-2-4-10(5-3-9)13(17)15-7-6-12-16-11(8-20-12)14(18)19/h8-10H,2-7H2,1H3,(H,15,17)(H,18,19). The van der Waals surface area contributed by atoms with Crippen molar-refractivity contribution in [3.63, 3.8) is 0 Å². The van der Waals surface area contributed by atoms with Crippen molar-refractivity contribution in [3.8, 4) is 0 Å². The lowest BCUT2D eigenvalue weighted by Crippen LogP contribution is -2.34. The summed E-state index contributed by atoms with van der Waals surface area (Å²) < 4.78 is 0. The predicted octanol–water partition coefficient (Wildman–Crippen LogP) is 2.33. The third kappa shape index (κ3) is 4.03. The second-order valence-corrected chi connectivity index (χ2v) is 6.37. The molecule has 1 fully saturated rings. The highest BCUT2D eigenvalue weighted by Gasteiger charge is 2.23. The van der Waals surface area contributed by atoms with E-state index in [1.165, 1.54) is 16.7 Å². The van der Waals surface area contributed by atoms with E-state index in [4.69, 9.17) is 5.11 Å². The lowest BCUT2D eigenvalue weighted by atomic mass is 9.82. The van der Waals surface area contributed by atoms with Crippen molar-refractivity contribution in [2.75, 3.05) is 6.54 Å². The molecule has 0 saturated heterocycles. The average molecular weight is 296 g/mol. The molecule has 2 N–H and O–H groups in total. The van der Waals surface area contributed by atoms with Gasteiger partial charge in [0.05, 0.1) is 5.01 Å². The van der Waals surface area contributed by atoms with E-state index in [2.05, 4.69) is 17.2 Å². The first-order valence-electron chi connectivity index (χ1n) is 7.01. The molecular formula is C14H20N2O3S. The summed E-state index contributed by atoms with van der Waals surface area (Å²) >= 11 is 1.32. The van der Waals surface area contributed by atoms with Gasteiger partial charge in [-0.1, -0.05) is 6.92 Å². The maximum Gasteiger partial charge on any atom is 0.355 e. The van der Waals surface area contributed by atoms with Crippen molar-refractivity contribution in [1.82, 2.24) is 10.3 Å². The van der Waals surface area contributed by atoms with E-state index in [0.29, 0.717) is 13.0 Å². The molecule has 1 heterocycles. The summed E-state index contributed by atoms with van der Waals surface area (Å²) in [6, 6.07) is 0. The normalized spacial score (nSPS) is 22.4. The van der Waals surface area contributed by atoms with Crippen LogP contribution in [-0.4, -0.2) is 28.5 Å². The van der Waals surface area contributed by atoms with E-state index in [0.717, 1.165) is 36.6 Å². The highest BCUT2D eigenvalue weighted by molar-refractivity contribution is 7.09. The molecule has 0 aliphatic heterocycles. The Labute approximate surface area is 122 Å². The minimum Gasteiger partial charge on any atom is -0.476 e. The van der Waals surface area contributed by atoms with Crippen LogP contribution in [0, 0.1) is 11.8 Å². The van der Waals surface area contributed by atoms with E-state index in [1.807, 2.05) is 0 Å². The predicted molar refractivity (Wildman–Crippen MR) is 76.9 cm³/mol. The molecule has 1 amide bonds. The number of thiazole rings is 1. The molecule has 110 valence electrons. The molecule has 5 nitrogen and oxygen atoms in total. The minimum atomic E-state index is -1.01. The van der Waals surface area contributed by atoms with Crippen molar-refractivity contribution >= 4 is 23.2 Å². The number of amides is 1. The van der Waals surface area contributed by atoms with Gasteiger partial charge in [0, 0.05) is 24.3 Å². The topological polar surface area (TPSA) is 79.3 Å². The van der Waals surface area contributed by atoms with Crippen molar-refractivity contribution in [1.29, 1.82) is 0 Å². The van der Waals surface area contributed by atoms with Gasteiger partial charge in [-0.2, -0.15) is 0 Å². The fourth-order valence-electron chi connectivity index (χ4n) is 2.48. The quantitative estimate of drug-likeness (QED) is 0.874. The zero-order valence-corrected chi connectivity index (χ0v) is 12.4. The number of nitrogens with one attached hydrogen (secondary N) is 1. The Morgan fingerprint density at radius 1 is 1.40 bits per heavy atom. The molecule has 2 rings (SSSR count). The molecular weight excluding hydrogens is 276 g/mol. The van der Waals surface area contributed by atoms with Crippen LogP contribution in [0.25, 0.3) is 0 Å². The second-order valence-electron chi connectivity index (χ2n) is 5.43. The van der Waals surface area contributed by atoms with Crippen molar-refractivity contribution in [2.24, 2.45) is 11.8 Å². The number of carbonyl (C=O) groups excluding carboxylic acids is 1. The number of rotatable bonds is 5. The zero-order valence-electron chi connectivity index (χ0n) is 11.6. The van der Waals surface area contributed by atoms with E-state index < -0.39 is 5.97 Å². The molecule has 1 aliphatic rings. The molecule has 20 heavy (non-hydrogen) atoms. The molecule has 1 aromatic heterocycles. The first-order chi connectivity index (χ1) is 9.56. The third-order valence-electron chi connectivity index (χ3n) is 3.80. The third-order valence-corrected chi connectivity index (χ3v) is 4.70. The fourth-order valence-corrected chi connectivity index (χ4v) is 3.26. The molecule has 6 heteroatoms. The Balaban J connectivity index is 1.72. The number of hydrogen-bond acceptors (Lipinski definition) is 4. The first-order valence-corrected chi connectivity index (χ1v) is 7.89. The summed E-state index contributed by atoms with van der Waals surface area (Å²) in [6.07, 6.45) is 4.81. The second kappa shape index (κ2) is 6.83. The van der Waals surface area contributed by atoms with Crippen LogP contribution in [0.4, 0.5) is 0 Å². The Morgan fingerprint density at radius 2 is 2.10 bits per heavy atom. The highest BCUT2D eigenvalue weighted by atomic mass is 32.1. The van der Waals surface area contributed by atoms with Crippen LogP contribution in [0.1, 0.15) is 48.1 Å². The van der Waals surface area contributed by atoms with Crippen molar-refractivity contribution in [3.05, 3.63) is 16.1 Å². The molecule has 0 spiro atoms. The number of carboxylic acids is 1. The van der Waals surface area contributed by atoms with Crippen molar-refractivity contribution < 1.29 is 14.7 Å². The van der Waals surface area contributed by atoms with Crippen LogP contribution in [0.2, 0.25) is 0 Å². The zero-order chi connectivity index (χ0) is 14.5. The maximum atomic E-state index is 12.0. The molecule has 1 saturated carbocycles. The van der Waals surface area contributed by atoms with Gasteiger partial charge in [-0.3, -0.25) is 4.79 Å². The largest absolute Gasteiger partial charge is 0.476 e. The molecule has 0 unspecified atom stereocenters. The Morgan fingerprint density at radius 3 is 2.70 bits per heavy atom. The molecule has 0 radical (unpaired) electrons. The summed E-state index contributed by atoms with van der Waals surface area (Å²) in [5, 5.41) is 14.0. The van der Waals surface area contributed by atoms with Crippen LogP contribution in [-0.2, 0) is 11.2 Å². The SMILES string of the molecule is CC1CCC(C(=O)NCCc2nc(C(=O)O)cs2)CC1. The van der Waals surface area contributed by atoms with Gasteiger partial charge in [0.1, 0.15) is 0 Å². The summed E-state index contributed by atoms with van der Waals surface area (Å²) in [7, 11) is 0. The number of hydrogen-bond donors (Lipinski definition) is 2. The lowest BCUT2D eigenvalue weighted by Gasteiger charge is -2.25. The van der Waals surface area contributed by atoms with E-state index in [-0.39, 0.29) is 17.5 Å². The summed E-state index contributed by atoms with van der Waals surface area (Å²) in [6.45, 7) is 2.76. The smallest absolute Gasteiger partial charge is 0.355 e. The molecule has 1 aliphatic carbocycles. The van der Waals surface area contributed by atoms with E-state index in [9.17, 15) is 9.59 Å². The van der Waals surface area contributed by atoms with Gasteiger partial charge in [-0.25, -0.2) is 9.78 Å². The number of nitrogens with zero attached hydrogens (tertiary/aromatic N) is 1. The summed E-state index contributed by atoms with van der Waals surface area (Å²) in [4.78, 5) is 26.7. The summed E-state index contributed by atoms with van der Waals surface area (Å²) in [5.41, 5.74) is 0.0811. The highest BCUT2D eigenvalue weighted by Crippen LogP contribution is 2.28. The van der Waals surface area contributed by atoms with E-state index in [1.54, 1.807) is 0 Å². The van der Waals surface area contributed by atoms with Gasteiger partial charge in [-0.15, -0.1) is 11.3 Å². The van der Waals surface area contributed by atoms with Crippen molar-refractivity contribution in [2.45, 2.75) is 39.0 Å². The Hall–Kier alpha value is -1.43. The summed E-state index contributed by atoms with van der Waals surface area (Å²) in [5.74, 6) is 0.0145. The van der Waals surface area contributed by atoms with Crippen LogP contribution in [0.3, 0.4) is 0 Å². The number of carboxylic acid groups (broad SMARTS) is 1. The van der Waals surface area contributed by atoms with Gasteiger partial charge in [0.15, 0.2) is 5.69 Å². The lowest BCUT2D eigenvalue weighted by molar-refractivity contribution is -0.126. The molecule has 0 atom stereocenters. The molecule has 0 aromatic carbocycles. The first kappa shape index (κ1) is 15.0. The van der Waals surface area contributed by atoms with Crippen LogP contribution in [0.5, 0.6) is 0 Å². The van der Waals surface area contributed by atoms with Gasteiger partial charge in [0.2, 0.25) is 5.91 Å². The number of carbonyl (C=O) groups is 2. The molecule has 0 bridgehead atoms. The number of aromatic carboxylic acids is 1. The molecule has 1 aromatic rings. The van der Waals surface area contributed by atoms with E-state index >= 15 is 0 Å².